The molecule has 2 aromatic carbocycles. The van der Waals surface area contributed by atoms with E-state index in [-0.39, 0.29) is 5.91 Å². The van der Waals surface area contributed by atoms with Gasteiger partial charge in [0.2, 0.25) is 0 Å². The molecule has 0 spiro atoms. The van der Waals surface area contributed by atoms with Gasteiger partial charge < -0.3 is 10.6 Å². The summed E-state index contributed by atoms with van der Waals surface area (Å²) < 4.78 is 0. The van der Waals surface area contributed by atoms with E-state index in [0.717, 1.165) is 29.9 Å². The summed E-state index contributed by atoms with van der Waals surface area (Å²) >= 11 is 0. The molecule has 5 heteroatoms. The van der Waals surface area contributed by atoms with Crippen LogP contribution in [-0.2, 0) is 0 Å². The molecule has 0 atom stereocenters. The molecule has 0 saturated carbocycles. The summed E-state index contributed by atoms with van der Waals surface area (Å²) in [6, 6.07) is 19.5. The number of anilines is 2. The van der Waals surface area contributed by atoms with Crippen molar-refractivity contribution in [1.82, 2.24) is 15.5 Å². The van der Waals surface area contributed by atoms with Crippen molar-refractivity contribution in [1.29, 1.82) is 0 Å². The molecule has 0 aliphatic heterocycles. The highest BCUT2D eigenvalue weighted by atomic mass is 16.1. The van der Waals surface area contributed by atoms with Gasteiger partial charge in [0.1, 0.15) is 0 Å². The van der Waals surface area contributed by atoms with Crippen molar-refractivity contribution in [3.8, 4) is 11.3 Å². The highest BCUT2D eigenvalue weighted by Gasteiger charge is 2.06. The fourth-order valence-electron chi connectivity index (χ4n) is 3.24. The topological polar surface area (TPSA) is 66.9 Å². The van der Waals surface area contributed by atoms with Gasteiger partial charge in [-0.1, -0.05) is 56.4 Å². The van der Waals surface area contributed by atoms with Crippen molar-refractivity contribution in [3.63, 3.8) is 0 Å². The van der Waals surface area contributed by atoms with Crippen LogP contribution in [0.2, 0.25) is 0 Å². The Morgan fingerprint density at radius 1 is 0.900 bits per heavy atom. The Hall–Kier alpha value is -3.21. The summed E-state index contributed by atoms with van der Waals surface area (Å²) in [5.41, 5.74) is 4.61. The average molecular weight is 403 g/mol. The molecule has 156 valence electrons. The molecule has 0 unspecified atom stereocenters. The molecule has 2 N–H and O–H groups in total. The zero-order chi connectivity index (χ0) is 21.2. The van der Waals surface area contributed by atoms with Gasteiger partial charge in [-0.05, 0) is 55.8 Å². The van der Waals surface area contributed by atoms with Gasteiger partial charge in [0, 0.05) is 23.4 Å². The lowest BCUT2D eigenvalue weighted by molar-refractivity contribution is 0.0953. The highest BCUT2D eigenvalue weighted by Crippen LogP contribution is 2.20. The predicted octanol–water partition coefficient (Wildman–Crippen LogP) is 5.90. The maximum Gasteiger partial charge on any atom is 0.251 e. The number of aromatic nitrogens is 2. The van der Waals surface area contributed by atoms with Gasteiger partial charge in [-0.2, -0.15) is 0 Å². The van der Waals surface area contributed by atoms with Crippen LogP contribution in [0, 0.1) is 6.92 Å². The molecule has 1 aromatic heterocycles. The molecule has 30 heavy (non-hydrogen) atoms. The van der Waals surface area contributed by atoms with Crippen molar-refractivity contribution >= 4 is 17.4 Å². The Morgan fingerprint density at radius 2 is 1.70 bits per heavy atom. The summed E-state index contributed by atoms with van der Waals surface area (Å²) in [6.45, 7) is 4.99. The third kappa shape index (κ3) is 6.41. The maximum absolute atomic E-state index is 12.2. The largest absolute Gasteiger partial charge is 0.352 e. The second-order valence-electron chi connectivity index (χ2n) is 7.55. The molecule has 0 aliphatic carbocycles. The van der Waals surface area contributed by atoms with Crippen molar-refractivity contribution in [2.75, 3.05) is 11.9 Å². The normalized spacial score (nSPS) is 10.6. The second kappa shape index (κ2) is 11.1. The standard InChI is InChI=1S/C25H30N4O/c1-3-4-5-6-7-17-26-25(30)20-11-13-22(14-12-20)27-24-16-15-23(28-29-24)21-10-8-9-19(2)18-21/h8-16,18H,3-7,17H2,1-2H3,(H,26,30)(H,27,29). The minimum atomic E-state index is -0.0284. The number of benzene rings is 2. The lowest BCUT2D eigenvalue weighted by atomic mass is 10.1. The summed E-state index contributed by atoms with van der Waals surface area (Å²) in [5.74, 6) is 0.634. The number of rotatable bonds is 10. The van der Waals surface area contributed by atoms with Gasteiger partial charge in [-0.3, -0.25) is 4.79 Å². The van der Waals surface area contributed by atoms with E-state index < -0.39 is 0 Å². The quantitative estimate of drug-likeness (QED) is 0.415. The number of nitrogens with one attached hydrogen (secondary N) is 2. The lowest BCUT2D eigenvalue weighted by Gasteiger charge is -2.08. The van der Waals surface area contributed by atoms with Gasteiger partial charge in [-0.25, -0.2) is 0 Å². The molecule has 0 saturated heterocycles. The van der Waals surface area contributed by atoms with E-state index >= 15 is 0 Å². The smallest absolute Gasteiger partial charge is 0.251 e. The predicted molar refractivity (Wildman–Crippen MR) is 123 cm³/mol. The summed E-state index contributed by atoms with van der Waals surface area (Å²) in [7, 11) is 0. The van der Waals surface area contributed by atoms with Crippen LogP contribution < -0.4 is 10.6 Å². The molecular formula is C25H30N4O. The third-order valence-electron chi connectivity index (χ3n) is 4.96. The molecule has 3 aromatic rings. The fourth-order valence-corrected chi connectivity index (χ4v) is 3.24. The molecule has 0 radical (unpaired) electrons. The first-order valence-electron chi connectivity index (χ1n) is 10.7. The van der Waals surface area contributed by atoms with E-state index in [4.69, 9.17) is 0 Å². The fraction of sp³-hybridized carbons (Fsp3) is 0.320. The van der Waals surface area contributed by atoms with E-state index in [9.17, 15) is 4.79 Å². The average Bonchev–Trinajstić information content (AvgIpc) is 2.77. The number of carbonyl (C=O) groups excluding carboxylic acids is 1. The minimum Gasteiger partial charge on any atom is -0.352 e. The molecule has 5 nitrogen and oxygen atoms in total. The number of aryl methyl sites for hydroxylation is 1. The van der Waals surface area contributed by atoms with Crippen LogP contribution in [-0.4, -0.2) is 22.6 Å². The molecule has 3 rings (SSSR count). The number of unbranched alkanes of at least 4 members (excludes halogenated alkanes) is 4. The SMILES string of the molecule is CCCCCCCNC(=O)c1ccc(Nc2ccc(-c3cccc(C)c3)nn2)cc1. The van der Waals surface area contributed by atoms with Crippen molar-refractivity contribution in [2.45, 2.75) is 46.0 Å². The van der Waals surface area contributed by atoms with E-state index in [1.54, 1.807) is 0 Å². The lowest BCUT2D eigenvalue weighted by Crippen LogP contribution is -2.24. The highest BCUT2D eigenvalue weighted by molar-refractivity contribution is 5.94. The van der Waals surface area contributed by atoms with Gasteiger partial charge in [0.25, 0.3) is 5.91 Å². The van der Waals surface area contributed by atoms with Gasteiger partial charge in [0.05, 0.1) is 5.69 Å². The van der Waals surface area contributed by atoms with Crippen LogP contribution in [0.25, 0.3) is 11.3 Å². The molecule has 0 fully saturated rings. The van der Waals surface area contributed by atoms with Crippen LogP contribution in [0.3, 0.4) is 0 Å². The monoisotopic (exact) mass is 402 g/mol. The van der Waals surface area contributed by atoms with Gasteiger partial charge in [-0.15, -0.1) is 10.2 Å². The number of hydrogen-bond donors (Lipinski definition) is 2. The molecule has 1 amide bonds. The van der Waals surface area contributed by atoms with Crippen molar-refractivity contribution in [3.05, 3.63) is 71.8 Å². The number of nitrogens with zero attached hydrogens (tertiary/aromatic N) is 2. The van der Waals surface area contributed by atoms with Crippen LogP contribution >= 0.6 is 0 Å². The molecule has 1 heterocycles. The number of hydrogen-bond acceptors (Lipinski definition) is 4. The van der Waals surface area contributed by atoms with Crippen LogP contribution in [0.15, 0.2) is 60.7 Å². The van der Waals surface area contributed by atoms with Crippen molar-refractivity contribution < 1.29 is 4.79 Å². The van der Waals surface area contributed by atoms with Crippen LogP contribution in [0.1, 0.15) is 54.9 Å². The summed E-state index contributed by atoms with van der Waals surface area (Å²) in [4.78, 5) is 12.2. The Morgan fingerprint density at radius 3 is 2.40 bits per heavy atom. The molecule has 0 bridgehead atoms. The molecular weight excluding hydrogens is 372 g/mol. The van der Waals surface area contributed by atoms with Crippen LogP contribution in [0.4, 0.5) is 11.5 Å². The summed E-state index contributed by atoms with van der Waals surface area (Å²) in [5, 5.41) is 14.8. The van der Waals surface area contributed by atoms with Gasteiger partial charge in [0.15, 0.2) is 5.82 Å². The first kappa shape index (κ1) is 21.5. The van der Waals surface area contributed by atoms with Gasteiger partial charge >= 0.3 is 0 Å². The Balaban J connectivity index is 1.51. The summed E-state index contributed by atoms with van der Waals surface area (Å²) in [6.07, 6.45) is 5.93. The van der Waals surface area contributed by atoms with E-state index in [1.165, 1.54) is 31.2 Å². The number of carbonyl (C=O) groups is 1. The number of amides is 1. The van der Waals surface area contributed by atoms with E-state index in [2.05, 4.69) is 46.8 Å². The maximum atomic E-state index is 12.2. The zero-order valence-corrected chi connectivity index (χ0v) is 17.8. The van der Waals surface area contributed by atoms with Crippen molar-refractivity contribution in [2.24, 2.45) is 0 Å². The second-order valence-corrected chi connectivity index (χ2v) is 7.55. The Kier molecular flexibility index (Phi) is 7.95. The Bertz CT molecular complexity index is 936. The van der Waals surface area contributed by atoms with E-state index in [1.807, 2.05) is 48.5 Å². The zero-order valence-electron chi connectivity index (χ0n) is 17.8. The first-order valence-corrected chi connectivity index (χ1v) is 10.7. The third-order valence-corrected chi connectivity index (χ3v) is 4.96. The first-order chi connectivity index (χ1) is 14.7. The minimum absolute atomic E-state index is 0.0284. The van der Waals surface area contributed by atoms with E-state index in [0.29, 0.717) is 11.4 Å². The van der Waals surface area contributed by atoms with Crippen LogP contribution in [0.5, 0.6) is 0 Å². The Labute approximate surface area is 178 Å². The molecule has 0 aliphatic rings.